The van der Waals surface area contributed by atoms with E-state index in [0.717, 1.165) is 35.5 Å². The maximum absolute atomic E-state index is 12.6. The molecule has 0 aliphatic carbocycles. The van der Waals surface area contributed by atoms with Gasteiger partial charge in [0.2, 0.25) is 0 Å². The first-order chi connectivity index (χ1) is 10.7. The van der Waals surface area contributed by atoms with E-state index in [1.165, 1.54) is 10.4 Å². The van der Waals surface area contributed by atoms with Crippen molar-refractivity contribution >= 4 is 17.2 Å². The van der Waals surface area contributed by atoms with Crippen LogP contribution in [-0.4, -0.2) is 12.5 Å². The molecule has 0 saturated heterocycles. The first kappa shape index (κ1) is 15.1. The summed E-state index contributed by atoms with van der Waals surface area (Å²) < 4.78 is 5.65. The zero-order chi connectivity index (χ0) is 15.5. The van der Waals surface area contributed by atoms with Crippen LogP contribution < -0.4 is 10.1 Å². The quantitative estimate of drug-likeness (QED) is 0.915. The van der Waals surface area contributed by atoms with E-state index in [4.69, 9.17) is 4.74 Å². The first-order valence-corrected chi connectivity index (χ1v) is 8.62. The van der Waals surface area contributed by atoms with Crippen LogP contribution in [0.15, 0.2) is 30.3 Å². The topological polar surface area (TPSA) is 38.3 Å². The Labute approximate surface area is 135 Å². The van der Waals surface area contributed by atoms with Gasteiger partial charge in [-0.2, -0.15) is 0 Å². The first-order valence-electron chi connectivity index (χ1n) is 7.81. The molecule has 1 aromatic carbocycles. The predicted octanol–water partition coefficient (Wildman–Crippen LogP) is 4.26. The molecule has 116 valence electrons. The highest BCUT2D eigenvalue weighted by Gasteiger charge is 2.23. The van der Waals surface area contributed by atoms with Gasteiger partial charge in [-0.1, -0.05) is 31.5 Å². The average Bonchev–Trinajstić information content (AvgIpc) is 2.89. The maximum atomic E-state index is 12.6. The van der Waals surface area contributed by atoms with Crippen LogP contribution >= 0.6 is 11.3 Å². The highest BCUT2D eigenvalue weighted by molar-refractivity contribution is 7.14. The van der Waals surface area contributed by atoms with E-state index in [1.807, 2.05) is 30.3 Å². The molecule has 0 fully saturated rings. The number of nitrogens with one attached hydrogen (secondary N) is 1. The summed E-state index contributed by atoms with van der Waals surface area (Å²) in [6.45, 7) is 4.90. The van der Waals surface area contributed by atoms with Crippen molar-refractivity contribution in [3.8, 4) is 5.75 Å². The Kier molecular flexibility index (Phi) is 4.48. The summed E-state index contributed by atoms with van der Waals surface area (Å²) in [6.07, 6.45) is 2.95. The van der Waals surface area contributed by atoms with Gasteiger partial charge in [0.25, 0.3) is 5.91 Å². The van der Waals surface area contributed by atoms with E-state index in [0.29, 0.717) is 6.61 Å². The lowest BCUT2D eigenvalue weighted by Gasteiger charge is -2.26. The lowest BCUT2D eigenvalue weighted by Crippen LogP contribution is -2.31. The van der Waals surface area contributed by atoms with Crippen molar-refractivity contribution in [1.82, 2.24) is 5.32 Å². The number of hydrogen-bond donors (Lipinski definition) is 1. The van der Waals surface area contributed by atoms with E-state index in [-0.39, 0.29) is 11.9 Å². The van der Waals surface area contributed by atoms with Crippen LogP contribution in [0.2, 0.25) is 0 Å². The molecule has 1 N–H and O–H groups in total. The number of fused-ring (bicyclic) bond motifs is 1. The van der Waals surface area contributed by atoms with Gasteiger partial charge in [-0.25, -0.2) is 0 Å². The Morgan fingerprint density at radius 2 is 2.23 bits per heavy atom. The minimum Gasteiger partial charge on any atom is -0.493 e. The molecule has 0 unspecified atom stereocenters. The van der Waals surface area contributed by atoms with Crippen LogP contribution in [0.4, 0.5) is 0 Å². The van der Waals surface area contributed by atoms with Crippen molar-refractivity contribution in [2.75, 3.05) is 6.61 Å². The Bertz CT molecular complexity index is 677. The number of hydrogen-bond acceptors (Lipinski definition) is 3. The predicted molar refractivity (Wildman–Crippen MR) is 89.8 cm³/mol. The fourth-order valence-electron chi connectivity index (χ4n) is 2.87. The molecule has 1 aromatic heterocycles. The molecule has 0 bridgehead atoms. The number of thiophene rings is 1. The normalized spacial score (nSPS) is 16.7. The van der Waals surface area contributed by atoms with Gasteiger partial charge < -0.3 is 10.1 Å². The molecule has 0 saturated carbocycles. The van der Waals surface area contributed by atoms with Crippen molar-refractivity contribution in [1.29, 1.82) is 0 Å². The number of amides is 1. The molecule has 3 rings (SSSR count). The molecule has 2 heterocycles. The van der Waals surface area contributed by atoms with E-state index in [1.54, 1.807) is 11.3 Å². The zero-order valence-corrected chi connectivity index (χ0v) is 13.8. The summed E-state index contributed by atoms with van der Waals surface area (Å²) in [4.78, 5) is 14.6. The summed E-state index contributed by atoms with van der Waals surface area (Å²) in [6, 6.07) is 10.0. The Hall–Kier alpha value is -1.81. The van der Waals surface area contributed by atoms with Gasteiger partial charge in [-0.05, 0) is 31.0 Å². The number of carbonyl (C=O) groups is 1. The molecule has 1 atom stereocenters. The maximum Gasteiger partial charge on any atom is 0.261 e. The van der Waals surface area contributed by atoms with Crippen molar-refractivity contribution in [2.24, 2.45) is 0 Å². The van der Waals surface area contributed by atoms with E-state index >= 15 is 0 Å². The minimum atomic E-state index is 0.0251. The summed E-state index contributed by atoms with van der Waals surface area (Å²) in [5.41, 5.74) is 2.37. The van der Waals surface area contributed by atoms with Crippen molar-refractivity contribution in [3.05, 3.63) is 51.2 Å². The van der Waals surface area contributed by atoms with Gasteiger partial charge >= 0.3 is 0 Å². The molecule has 4 heteroatoms. The molecule has 0 spiro atoms. The molecule has 3 nitrogen and oxygen atoms in total. The zero-order valence-electron chi connectivity index (χ0n) is 13.0. The molecular formula is C18H21NO2S. The Morgan fingerprint density at radius 1 is 1.41 bits per heavy atom. The van der Waals surface area contributed by atoms with E-state index in [9.17, 15) is 4.79 Å². The molecule has 0 radical (unpaired) electrons. The summed E-state index contributed by atoms with van der Waals surface area (Å²) in [5, 5.41) is 3.17. The fraction of sp³-hybridized carbons (Fsp3) is 0.389. The lowest BCUT2D eigenvalue weighted by atomic mass is 10.0. The standard InChI is InChI=1S/C18H21NO2S/c1-3-6-13-11-17(22-12(13)2)18(20)19-15-9-10-21-16-8-5-4-7-14(15)16/h4-5,7-8,11,15H,3,6,9-10H2,1-2H3,(H,19,20)/t15-/m1/s1. The third-order valence-corrected chi connectivity index (χ3v) is 5.12. The van der Waals surface area contributed by atoms with Gasteiger partial charge in [0.05, 0.1) is 17.5 Å². The number of benzene rings is 1. The summed E-state index contributed by atoms with van der Waals surface area (Å²) in [5.74, 6) is 0.908. The van der Waals surface area contributed by atoms with Crippen LogP contribution in [0.3, 0.4) is 0 Å². The van der Waals surface area contributed by atoms with Gasteiger partial charge in [0.15, 0.2) is 0 Å². The van der Waals surface area contributed by atoms with Crippen LogP contribution in [0.25, 0.3) is 0 Å². The third kappa shape index (κ3) is 3.02. The van der Waals surface area contributed by atoms with Gasteiger partial charge in [-0.3, -0.25) is 4.79 Å². The molecule has 1 amide bonds. The molecule has 1 aliphatic heterocycles. The van der Waals surface area contributed by atoms with Crippen LogP contribution in [0.1, 0.15) is 51.5 Å². The van der Waals surface area contributed by atoms with Crippen LogP contribution in [-0.2, 0) is 6.42 Å². The monoisotopic (exact) mass is 315 g/mol. The van der Waals surface area contributed by atoms with Crippen molar-refractivity contribution in [2.45, 2.75) is 39.2 Å². The second-order valence-electron chi connectivity index (χ2n) is 5.64. The smallest absolute Gasteiger partial charge is 0.261 e. The number of aryl methyl sites for hydroxylation is 2. The Morgan fingerprint density at radius 3 is 3.05 bits per heavy atom. The van der Waals surface area contributed by atoms with Gasteiger partial charge in [0.1, 0.15) is 5.75 Å². The second kappa shape index (κ2) is 6.53. The van der Waals surface area contributed by atoms with Crippen molar-refractivity contribution in [3.63, 3.8) is 0 Å². The number of rotatable bonds is 4. The van der Waals surface area contributed by atoms with Crippen LogP contribution in [0, 0.1) is 6.92 Å². The molecular weight excluding hydrogens is 294 g/mol. The third-order valence-electron chi connectivity index (χ3n) is 4.03. The van der Waals surface area contributed by atoms with Crippen LogP contribution in [0.5, 0.6) is 5.75 Å². The molecule has 22 heavy (non-hydrogen) atoms. The largest absolute Gasteiger partial charge is 0.493 e. The van der Waals surface area contributed by atoms with Gasteiger partial charge in [-0.15, -0.1) is 11.3 Å². The average molecular weight is 315 g/mol. The van der Waals surface area contributed by atoms with E-state index in [2.05, 4.69) is 19.2 Å². The summed E-state index contributed by atoms with van der Waals surface area (Å²) >= 11 is 1.59. The van der Waals surface area contributed by atoms with E-state index < -0.39 is 0 Å². The van der Waals surface area contributed by atoms with Gasteiger partial charge in [0, 0.05) is 16.9 Å². The highest BCUT2D eigenvalue weighted by Crippen LogP contribution is 2.32. The number of ether oxygens (including phenoxy) is 1. The minimum absolute atomic E-state index is 0.0251. The highest BCUT2D eigenvalue weighted by atomic mass is 32.1. The summed E-state index contributed by atoms with van der Waals surface area (Å²) in [7, 11) is 0. The number of para-hydroxylation sites is 1. The van der Waals surface area contributed by atoms with Crippen molar-refractivity contribution < 1.29 is 9.53 Å². The molecule has 1 aliphatic rings. The number of carbonyl (C=O) groups excluding carboxylic acids is 1. The molecule has 2 aromatic rings. The fourth-order valence-corrected chi connectivity index (χ4v) is 3.85. The second-order valence-corrected chi connectivity index (χ2v) is 6.90. The SMILES string of the molecule is CCCc1cc(C(=O)N[C@@H]2CCOc3ccccc32)sc1C. The lowest BCUT2D eigenvalue weighted by molar-refractivity contribution is 0.0929. The Balaban J connectivity index is 1.76.